The van der Waals surface area contributed by atoms with Crippen LogP contribution in [0.5, 0.6) is 0 Å². The van der Waals surface area contributed by atoms with Crippen molar-refractivity contribution < 1.29 is 0 Å². The van der Waals surface area contributed by atoms with E-state index in [1.165, 1.54) is 33.0 Å². The zero-order valence-electron chi connectivity index (χ0n) is 21.0. The van der Waals surface area contributed by atoms with E-state index in [2.05, 4.69) is 81.5 Å². The Morgan fingerprint density at radius 2 is 0.933 bits per heavy atom. The van der Waals surface area contributed by atoms with Gasteiger partial charge in [0, 0.05) is 0 Å². The fourth-order valence-electron chi connectivity index (χ4n) is 5.36. The van der Waals surface area contributed by atoms with E-state index in [-0.39, 0.29) is 0 Å². The second kappa shape index (κ2) is 11.6. The first-order chi connectivity index (χ1) is 14.6. The maximum absolute atomic E-state index is 2.56. The highest BCUT2D eigenvalue weighted by Gasteiger charge is 2.19. The average Bonchev–Trinajstić information content (AvgIpc) is 2.78. The lowest BCUT2D eigenvalue weighted by molar-refractivity contribution is 0.960. The molecular formula is C28H42B2. The van der Waals surface area contributed by atoms with Crippen molar-refractivity contribution >= 4 is 37.6 Å². The van der Waals surface area contributed by atoms with Crippen molar-refractivity contribution in [3.05, 3.63) is 57.7 Å². The van der Waals surface area contributed by atoms with Crippen LogP contribution in [0, 0.1) is 0 Å². The van der Waals surface area contributed by atoms with E-state index in [1.807, 2.05) is 0 Å². The van der Waals surface area contributed by atoms with E-state index >= 15 is 0 Å². The lowest BCUT2D eigenvalue weighted by Gasteiger charge is -2.24. The topological polar surface area (TPSA) is 0 Å². The van der Waals surface area contributed by atoms with Gasteiger partial charge < -0.3 is 0 Å². The van der Waals surface area contributed by atoms with E-state index in [0.717, 1.165) is 51.2 Å². The first-order valence-corrected chi connectivity index (χ1v) is 12.6. The van der Waals surface area contributed by atoms with Crippen LogP contribution in [-0.4, -0.2) is 15.7 Å². The molecular weight excluding hydrogens is 358 g/mol. The Morgan fingerprint density at radius 1 is 0.600 bits per heavy atom. The van der Waals surface area contributed by atoms with E-state index in [9.17, 15) is 0 Å². The van der Waals surface area contributed by atoms with Gasteiger partial charge >= 0.3 is 0 Å². The van der Waals surface area contributed by atoms with Crippen molar-refractivity contribution in [3.8, 4) is 0 Å². The van der Waals surface area contributed by atoms with Crippen LogP contribution in [0.2, 0.25) is 12.6 Å². The maximum Gasteiger partial charge on any atom is 0.106 e. The number of hydrogen-bond donors (Lipinski definition) is 0. The highest BCUT2D eigenvalue weighted by Crippen LogP contribution is 2.39. The number of fused-ring (bicyclic) bond motifs is 1. The van der Waals surface area contributed by atoms with Crippen molar-refractivity contribution in [3.63, 3.8) is 0 Å². The summed E-state index contributed by atoms with van der Waals surface area (Å²) in [7, 11) is 4.52. The maximum atomic E-state index is 2.56. The second-order valence-corrected chi connectivity index (χ2v) is 8.25. The Hall–Kier alpha value is -1.69. The lowest BCUT2D eigenvalue weighted by atomic mass is 9.80. The largest absolute Gasteiger partial charge is 0.106 e. The Bertz CT molecular complexity index is 855. The van der Waals surface area contributed by atoms with Gasteiger partial charge in [-0.05, 0) is 106 Å². The molecule has 160 valence electrons. The van der Waals surface area contributed by atoms with Gasteiger partial charge in [-0.1, -0.05) is 66.3 Å². The van der Waals surface area contributed by atoms with Crippen LogP contribution in [0.3, 0.4) is 0 Å². The highest BCUT2D eigenvalue weighted by atomic mass is 14.2. The average molecular weight is 400 g/mol. The van der Waals surface area contributed by atoms with Gasteiger partial charge in [-0.25, -0.2) is 0 Å². The molecule has 0 atom stereocenters. The Balaban J connectivity index is 3.11. The number of rotatable bonds is 10. The van der Waals surface area contributed by atoms with E-state index in [4.69, 9.17) is 0 Å². The van der Waals surface area contributed by atoms with Crippen LogP contribution in [0.1, 0.15) is 87.8 Å². The van der Waals surface area contributed by atoms with Crippen LogP contribution in [0.4, 0.5) is 0 Å². The summed E-state index contributed by atoms with van der Waals surface area (Å²) in [4.78, 5) is 0. The van der Waals surface area contributed by atoms with Gasteiger partial charge in [-0.2, -0.15) is 0 Å². The molecule has 0 N–H and O–H groups in total. The SMILES string of the molecule is BC/C=C(\CC)c1cc2c(CC)c(CC)c(CC)c(CC)c2cc1/C(=C/CB)CC. The fraction of sp³-hybridized carbons (Fsp3) is 0.500. The Morgan fingerprint density at radius 3 is 1.17 bits per heavy atom. The third kappa shape index (κ3) is 4.63. The molecule has 0 aliphatic heterocycles. The molecule has 0 aliphatic carbocycles. The van der Waals surface area contributed by atoms with Crippen LogP contribution in [0.25, 0.3) is 21.9 Å². The molecule has 30 heavy (non-hydrogen) atoms. The number of hydrogen-bond acceptors (Lipinski definition) is 0. The first-order valence-electron chi connectivity index (χ1n) is 12.6. The third-order valence-corrected chi connectivity index (χ3v) is 6.67. The molecule has 0 spiro atoms. The molecule has 0 bridgehead atoms. The van der Waals surface area contributed by atoms with Gasteiger partial charge in [0.25, 0.3) is 0 Å². The summed E-state index contributed by atoms with van der Waals surface area (Å²) >= 11 is 0. The minimum atomic E-state index is 1.09. The van der Waals surface area contributed by atoms with Crippen LogP contribution in [0.15, 0.2) is 24.3 Å². The molecule has 0 nitrogen and oxygen atoms in total. The predicted octanol–water partition coefficient (Wildman–Crippen LogP) is 6.78. The molecule has 0 amide bonds. The molecule has 2 aromatic rings. The van der Waals surface area contributed by atoms with Crippen LogP contribution >= 0.6 is 0 Å². The third-order valence-electron chi connectivity index (χ3n) is 6.67. The molecule has 0 aromatic heterocycles. The van der Waals surface area contributed by atoms with E-state index in [0.29, 0.717) is 0 Å². The summed E-state index contributed by atoms with van der Waals surface area (Å²) in [6, 6.07) is 5.12. The molecule has 0 unspecified atom stereocenters. The zero-order valence-corrected chi connectivity index (χ0v) is 21.0. The molecule has 0 saturated carbocycles. The summed E-state index contributed by atoms with van der Waals surface area (Å²) in [5, 5.41) is 3.01. The minimum absolute atomic E-state index is 1.09. The first kappa shape index (κ1) is 24.6. The predicted molar refractivity (Wildman–Crippen MR) is 145 cm³/mol. The number of aryl methyl sites for hydroxylation is 2. The van der Waals surface area contributed by atoms with Gasteiger partial charge in [0.1, 0.15) is 15.7 Å². The normalized spacial score (nSPS) is 12.7. The molecule has 0 fully saturated rings. The van der Waals surface area contributed by atoms with Crippen molar-refractivity contribution in [1.29, 1.82) is 0 Å². The van der Waals surface area contributed by atoms with Gasteiger partial charge in [0.15, 0.2) is 0 Å². The van der Waals surface area contributed by atoms with Crippen molar-refractivity contribution in [2.45, 2.75) is 92.7 Å². The van der Waals surface area contributed by atoms with E-state index < -0.39 is 0 Å². The van der Waals surface area contributed by atoms with Gasteiger partial charge in [0.2, 0.25) is 0 Å². The molecule has 0 radical (unpaired) electrons. The summed E-state index contributed by atoms with van der Waals surface area (Å²) in [5.74, 6) is 0. The summed E-state index contributed by atoms with van der Waals surface area (Å²) in [5.41, 5.74) is 12.3. The molecule has 0 saturated heterocycles. The molecule has 0 aliphatic rings. The molecule has 0 heterocycles. The fourth-order valence-corrected chi connectivity index (χ4v) is 5.36. The lowest BCUT2D eigenvalue weighted by Crippen LogP contribution is -2.06. The van der Waals surface area contributed by atoms with Crippen LogP contribution in [-0.2, 0) is 25.7 Å². The van der Waals surface area contributed by atoms with Gasteiger partial charge in [-0.3, -0.25) is 0 Å². The summed E-state index contributed by atoms with van der Waals surface area (Å²) in [6.45, 7) is 14.0. The zero-order chi connectivity index (χ0) is 22.3. The van der Waals surface area contributed by atoms with Gasteiger partial charge in [-0.15, -0.1) is 0 Å². The molecule has 2 rings (SSSR count). The number of benzene rings is 2. The monoisotopic (exact) mass is 400 g/mol. The van der Waals surface area contributed by atoms with Crippen molar-refractivity contribution in [2.75, 3.05) is 0 Å². The molecule has 2 heteroatoms. The smallest absolute Gasteiger partial charge is 0.0886 e. The van der Waals surface area contributed by atoms with E-state index in [1.54, 1.807) is 22.3 Å². The Kier molecular flexibility index (Phi) is 9.53. The van der Waals surface area contributed by atoms with Gasteiger partial charge in [0.05, 0.1) is 0 Å². The summed E-state index contributed by atoms with van der Waals surface area (Å²) < 4.78 is 0. The van der Waals surface area contributed by atoms with Crippen LogP contribution < -0.4 is 0 Å². The second-order valence-electron chi connectivity index (χ2n) is 8.25. The minimum Gasteiger partial charge on any atom is -0.0886 e. The highest BCUT2D eigenvalue weighted by molar-refractivity contribution is 6.11. The molecule has 2 aromatic carbocycles. The standard InChI is InChI=1S/C28H42B2/c1-7-19(13-15-29)25-17-27-23(11-5)21(9-3)22(10-4)24(12-6)28(27)18-26(25)20(8-2)14-16-30/h13-14,17-18H,7-12,15-16,29-30H2,1-6H3/b19-13+,20-14+. The van der Waals surface area contributed by atoms with Crippen molar-refractivity contribution in [2.24, 2.45) is 0 Å². The quantitative estimate of drug-likeness (QED) is 0.386. The summed E-state index contributed by atoms with van der Waals surface area (Å²) in [6.07, 6.45) is 13.7. The van der Waals surface area contributed by atoms with Crippen molar-refractivity contribution in [1.82, 2.24) is 0 Å². The number of allylic oxidation sites excluding steroid dienone is 4. The Labute approximate surface area is 188 Å².